The maximum Gasteiger partial charge on any atom is 0.305 e. The smallest absolute Gasteiger partial charge is 0.305 e. The van der Waals surface area contributed by atoms with E-state index in [1.54, 1.807) is 6.08 Å². The van der Waals surface area contributed by atoms with E-state index >= 15 is 0 Å². The van der Waals surface area contributed by atoms with Crippen molar-refractivity contribution in [1.82, 2.24) is 5.32 Å². The molecule has 0 aromatic rings. The molecule has 2 atom stereocenters. The van der Waals surface area contributed by atoms with Crippen molar-refractivity contribution in [3.8, 4) is 0 Å². The topological polar surface area (TPSA) is 95.9 Å². The van der Waals surface area contributed by atoms with Crippen LogP contribution in [0, 0.1) is 0 Å². The number of carbonyl (C=O) groups excluding carboxylic acids is 2. The molecule has 6 heteroatoms. The van der Waals surface area contributed by atoms with Gasteiger partial charge < -0.3 is 20.3 Å². The summed E-state index contributed by atoms with van der Waals surface area (Å²) in [7, 11) is 0. The van der Waals surface area contributed by atoms with Crippen LogP contribution in [0.1, 0.15) is 380 Å². The number of hydrogen-bond acceptors (Lipinski definition) is 5. The third kappa shape index (κ3) is 64.8. The van der Waals surface area contributed by atoms with E-state index in [2.05, 4.69) is 55.6 Å². The molecule has 0 saturated carbocycles. The maximum atomic E-state index is 12.5. The first-order valence-corrected chi connectivity index (χ1v) is 35.4. The summed E-state index contributed by atoms with van der Waals surface area (Å²) < 4.78 is 5.50. The van der Waals surface area contributed by atoms with Crippen molar-refractivity contribution in [3.05, 3.63) is 48.6 Å². The van der Waals surface area contributed by atoms with Crippen molar-refractivity contribution in [1.29, 1.82) is 0 Å². The normalized spacial score (nSPS) is 12.8. The molecule has 2 unspecified atom stereocenters. The fourth-order valence-corrected chi connectivity index (χ4v) is 10.9. The number of amides is 1. The van der Waals surface area contributed by atoms with Gasteiger partial charge in [-0.25, -0.2) is 0 Å². The first-order chi connectivity index (χ1) is 39.0. The second-order valence-corrected chi connectivity index (χ2v) is 24.2. The highest BCUT2D eigenvalue weighted by atomic mass is 16.5. The summed E-state index contributed by atoms with van der Waals surface area (Å²) in [5.74, 6) is -0.0565. The number of carbonyl (C=O) groups is 2. The molecule has 0 radical (unpaired) electrons. The lowest BCUT2D eigenvalue weighted by atomic mass is 10.0. The van der Waals surface area contributed by atoms with E-state index in [9.17, 15) is 19.8 Å². The van der Waals surface area contributed by atoms with Crippen LogP contribution in [0.3, 0.4) is 0 Å². The Bertz CT molecular complexity index is 1320. The van der Waals surface area contributed by atoms with Gasteiger partial charge in [-0.1, -0.05) is 326 Å². The molecule has 0 aliphatic carbocycles. The molecule has 6 nitrogen and oxygen atoms in total. The molecule has 79 heavy (non-hydrogen) atoms. The monoisotopic (exact) mass is 1110 g/mol. The predicted octanol–water partition coefficient (Wildman–Crippen LogP) is 22.9. The number of nitrogens with one attached hydrogen (secondary N) is 1. The molecule has 0 heterocycles. The largest absolute Gasteiger partial charge is 0.466 e. The van der Waals surface area contributed by atoms with Gasteiger partial charge in [-0.15, -0.1) is 0 Å². The van der Waals surface area contributed by atoms with Crippen molar-refractivity contribution in [2.75, 3.05) is 13.2 Å². The van der Waals surface area contributed by atoms with E-state index < -0.39 is 12.1 Å². The van der Waals surface area contributed by atoms with Crippen LogP contribution in [-0.4, -0.2) is 47.4 Å². The third-order valence-corrected chi connectivity index (χ3v) is 16.3. The highest BCUT2D eigenvalue weighted by Crippen LogP contribution is 2.18. The molecule has 0 saturated heterocycles. The number of aliphatic hydroxyl groups is 2. The fraction of sp³-hybridized carbons (Fsp3) is 0.863. The molecule has 0 aliphatic heterocycles. The number of esters is 1. The summed E-state index contributed by atoms with van der Waals surface area (Å²) in [6.45, 7) is 4.92. The molecule has 0 rings (SSSR count). The van der Waals surface area contributed by atoms with Crippen molar-refractivity contribution >= 4 is 11.9 Å². The van der Waals surface area contributed by atoms with Crippen LogP contribution in [-0.2, 0) is 14.3 Å². The Morgan fingerprint density at radius 3 is 0.975 bits per heavy atom. The average molecular weight is 1110 g/mol. The van der Waals surface area contributed by atoms with Gasteiger partial charge in [0.15, 0.2) is 0 Å². The molecule has 0 aromatic carbocycles. The highest BCUT2D eigenvalue weighted by molar-refractivity contribution is 5.76. The zero-order valence-corrected chi connectivity index (χ0v) is 53.1. The summed E-state index contributed by atoms with van der Waals surface area (Å²) in [5.41, 5.74) is 0. The van der Waals surface area contributed by atoms with Crippen LogP contribution < -0.4 is 5.32 Å². The molecule has 0 aliphatic rings. The summed E-state index contributed by atoms with van der Waals surface area (Å²) in [6, 6.07) is -0.629. The first kappa shape index (κ1) is 76.8. The summed E-state index contributed by atoms with van der Waals surface area (Å²) in [5, 5.41) is 23.1. The Hall–Kier alpha value is -2.18. The average Bonchev–Trinajstić information content (AvgIpc) is 3.45. The minimum absolute atomic E-state index is 0.0114. The van der Waals surface area contributed by atoms with Gasteiger partial charge in [0.2, 0.25) is 5.91 Å². The Kier molecular flexibility index (Phi) is 66.4. The van der Waals surface area contributed by atoms with Crippen molar-refractivity contribution in [2.45, 2.75) is 392 Å². The molecule has 0 aromatic heterocycles. The molecule has 1 amide bonds. The lowest BCUT2D eigenvalue weighted by Gasteiger charge is -2.20. The van der Waals surface area contributed by atoms with E-state index in [4.69, 9.17) is 4.74 Å². The number of rotatable bonds is 66. The fourth-order valence-electron chi connectivity index (χ4n) is 10.9. The van der Waals surface area contributed by atoms with Gasteiger partial charge in [-0.3, -0.25) is 9.59 Å². The summed E-state index contributed by atoms with van der Waals surface area (Å²) >= 11 is 0. The Balaban J connectivity index is 3.40. The van der Waals surface area contributed by atoms with E-state index in [-0.39, 0.29) is 18.5 Å². The SMILES string of the molecule is CCCCCCCC/C=C\CCCCCCCCCCCC(=O)OCCCCCCCCCCC/C=C\C/C=C\CCCCCCCCCCCCCCCC(=O)NC(CO)C(O)/C=C/CCCCCCCCCCCCCC. The highest BCUT2D eigenvalue weighted by Gasteiger charge is 2.18. The van der Waals surface area contributed by atoms with Crippen molar-refractivity contribution in [3.63, 3.8) is 0 Å². The zero-order chi connectivity index (χ0) is 57.1. The second kappa shape index (κ2) is 68.3. The van der Waals surface area contributed by atoms with Crippen LogP contribution in [0.4, 0.5) is 0 Å². The van der Waals surface area contributed by atoms with Crippen molar-refractivity contribution < 1.29 is 24.5 Å². The first-order valence-electron chi connectivity index (χ1n) is 35.4. The molecular weight excluding hydrogens is 971 g/mol. The van der Waals surface area contributed by atoms with E-state index in [1.807, 2.05) is 6.08 Å². The van der Waals surface area contributed by atoms with Crippen LogP contribution in [0.15, 0.2) is 48.6 Å². The van der Waals surface area contributed by atoms with Crippen LogP contribution in [0.25, 0.3) is 0 Å². The standard InChI is InChI=1S/C73H137NO5/c1-3-5-7-9-11-13-15-17-19-20-32-36-39-43-47-51-55-59-63-67-73(78)79-68-64-60-56-52-48-44-40-37-34-31-29-27-25-23-21-22-24-26-28-30-33-35-38-42-46-50-54-58-62-66-72(77)74-70(69-75)71(76)65-61-57-53-49-45-41-18-16-14-12-10-8-6-4-2/h17,19,21,23,27,29,61,65,70-71,75-76H,3-16,18,20,22,24-26,28,30-60,62-64,66-69H2,1-2H3,(H,74,77)/b19-17-,23-21-,29-27-,65-61+. The zero-order valence-electron chi connectivity index (χ0n) is 53.1. The van der Waals surface area contributed by atoms with Crippen LogP contribution in [0.2, 0.25) is 0 Å². The Labute approximate surface area is 493 Å². The van der Waals surface area contributed by atoms with Gasteiger partial charge in [0.1, 0.15) is 0 Å². The van der Waals surface area contributed by atoms with Crippen molar-refractivity contribution in [2.24, 2.45) is 0 Å². The molecule has 0 spiro atoms. The number of hydrogen-bond donors (Lipinski definition) is 3. The minimum atomic E-state index is -0.845. The van der Waals surface area contributed by atoms with E-state index in [1.165, 1.54) is 302 Å². The van der Waals surface area contributed by atoms with Gasteiger partial charge in [-0.2, -0.15) is 0 Å². The summed E-state index contributed by atoms with van der Waals surface area (Å²) in [4.78, 5) is 24.6. The molecule has 0 bridgehead atoms. The number of unbranched alkanes of at least 4 members (excludes halogenated alkanes) is 49. The van der Waals surface area contributed by atoms with Gasteiger partial charge in [0, 0.05) is 12.8 Å². The van der Waals surface area contributed by atoms with Crippen LogP contribution >= 0.6 is 0 Å². The third-order valence-electron chi connectivity index (χ3n) is 16.3. The van der Waals surface area contributed by atoms with Gasteiger partial charge in [0.25, 0.3) is 0 Å². The van der Waals surface area contributed by atoms with E-state index in [0.717, 1.165) is 51.4 Å². The molecule has 464 valence electrons. The summed E-state index contributed by atoms with van der Waals surface area (Å²) in [6.07, 6.45) is 89.0. The van der Waals surface area contributed by atoms with Gasteiger partial charge in [-0.05, 0) is 89.9 Å². The molecule has 0 fully saturated rings. The Morgan fingerprint density at radius 1 is 0.354 bits per heavy atom. The number of allylic oxidation sites excluding steroid dienone is 7. The molecule has 3 N–H and O–H groups in total. The number of ether oxygens (including phenoxy) is 1. The predicted molar refractivity (Wildman–Crippen MR) is 347 cm³/mol. The lowest BCUT2D eigenvalue weighted by Crippen LogP contribution is -2.45. The van der Waals surface area contributed by atoms with Gasteiger partial charge in [0.05, 0.1) is 25.4 Å². The second-order valence-electron chi connectivity index (χ2n) is 24.2. The quantitative estimate of drug-likeness (QED) is 0.0320. The van der Waals surface area contributed by atoms with Gasteiger partial charge >= 0.3 is 5.97 Å². The minimum Gasteiger partial charge on any atom is -0.466 e. The van der Waals surface area contributed by atoms with Crippen LogP contribution in [0.5, 0.6) is 0 Å². The molecular formula is C73H137NO5. The maximum absolute atomic E-state index is 12.5. The Morgan fingerprint density at radius 2 is 0.633 bits per heavy atom. The van der Waals surface area contributed by atoms with E-state index in [0.29, 0.717) is 19.4 Å². The number of aliphatic hydroxyl groups excluding tert-OH is 2. The lowest BCUT2D eigenvalue weighted by molar-refractivity contribution is -0.143.